The molecule has 2 bridgehead atoms. The second-order valence-electron chi connectivity index (χ2n) is 8.10. The third-order valence-electron chi connectivity index (χ3n) is 6.29. The third kappa shape index (κ3) is 4.83. The smallest absolute Gasteiger partial charge is 0.162 e. The summed E-state index contributed by atoms with van der Waals surface area (Å²) in [5.74, 6) is -0.267. The molecule has 2 unspecified atom stereocenters. The topological polar surface area (TPSA) is 40.5 Å². The Kier molecular flexibility index (Phi) is 7.00. The van der Waals surface area contributed by atoms with E-state index >= 15 is 0 Å². The van der Waals surface area contributed by atoms with Crippen LogP contribution in [0.1, 0.15) is 54.4 Å². The zero-order valence-corrected chi connectivity index (χ0v) is 17.8. The van der Waals surface area contributed by atoms with E-state index in [4.69, 9.17) is 11.6 Å². The van der Waals surface area contributed by atoms with Gasteiger partial charge in [0.2, 0.25) is 0 Å². The molecule has 0 aromatic heterocycles. The summed E-state index contributed by atoms with van der Waals surface area (Å²) in [4.78, 5) is 14.8. The summed E-state index contributed by atoms with van der Waals surface area (Å²) >= 11 is 5.99. The summed E-state index contributed by atoms with van der Waals surface area (Å²) in [6.07, 6.45) is 4.86. The van der Waals surface area contributed by atoms with Crippen LogP contribution in [0.3, 0.4) is 0 Å². The zero-order chi connectivity index (χ0) is 19.7. The number of carbonyl (C=O) groups excluding carboxylic acids is 1. The Labute approximate surface area is 182 Å². The lowest BCUT2D eigenvalue weighted by atomic mass is 9.80. The zero-order valence-electron chi connectivity index (χ0n) is 16.2. The van der Waals surface area contributed by atoms with Gasteiger partial charge in [-0.2, -0.15) is 0 Å². The molecule has 1 N–H and O–H groups in total. The van der Waals surface area contributed by atoms with Gasteiger partial charge in [0.1, 0.15) is 5.82 Å². The van der Waals surface area contributed by atoms with Gasteiger partial charge in [-0.25, -0.2) is 4.39 Å². The molecule has 0 saturated carbocycles. The predicted octanol–water partition coefficient (Wildman–Crippen LogP) is 5.38. The average Bonchev–Trinajstić information content (AvgIpc) is 2.93. The second-order valence-corrected chi connectivity index (χ2v) is 8.54. The number of piperidine rings is 1. The summed E-state index contributed by atoms with van der Waals surface area (Å²) in [7, 11) is 0. The first kappa shape index (κ1) is 22.2. The van der Waals surface area contributed by atoms with E-state index in [1.54, 1.807) is 12.1 Å². The van der Waals surface area contributed by atoms with Crippen LogP contribution < -0.4 is 0 Å². The molecule has 4 rings (SSSR count). The molecule has 156 valence electrons. The van der Waals surface area contributed by atoms with Crippen LogP contribution in [-0.2, 0) is 5.60 Å². The lowest BCUT2D eigenvalue weighted by molar-refractivity contribution is -0.0570. The normalized spacial score (nSPS) is 26.2. The molecule has 3 nitrogen and oxygen atoms in total. The van der Waals surface area contributed by atoms with E-state index in [-0.39, 0.29) is 24.0 Å². The number of fused-ring (bicyclic) bond motifs is 2. The molecule has 0 spiro atoms. The number of ketones is 1. The molecule has 2 aliphatic rings. The monoisotopic (exact) mass is 437 g/mol. The predicted molar refractivity (Wildman–Crippen MR) is 115 cm³/mol. The maximum atomic E-state index is 13.0. The lowest BCUT2D eigenvalue weighted by Crippen LogP contribution is -2.49. The van der Waals surface area contributed by atoms with E-state index in [9.17, 15) is 14.3 Å². The maximum Gasteiger partial charge on any atom is 0.162 e. The molecule has 2 heterocycles. The Balaban J connectivity index is 0.00000240. The van der Waals surface area contributed by atoms with Crippen LogP contribution in [0.5, 0.6) is 0 Å². The number of nitrogens with zero attached hydrogens (tertiary/aromatic N) is 1. The molecule has 6 heteroatoms. The minimum atomic E-state index is -0.795. The number of carbonyl (C=O) groups is 1. The molecule has 0 radical (unpaired) electrons. The third-order valence-corrected chi connectivity index (χ3v) is 6.54. The van der Waals surface area contributed by atoms with Gasteiger partial charge in [-0.3, -0.25) is 9.69 Å². The van der Waals surface area contributed by atoms with Crippen molar-refractivity contribution in [3.8, 4) is 0 Å². The lowest BCUT2D eigenvalue weighted by Gasteiger charge is -2.44. The number of hydrogen-bond donors (Lipinski definition) is 1. The van der Waals surface area contributed by atoms with Crippen molar-refractivity contribution in [1.82, 2.24) is 4.90 Å². The Morgan fingerprint density at radius 2 is 1.66 bits per heavy atom. The summed E-state index contributed by atoms with van der Waals surface area (Å²) in [5, 5.41) is 11.9. The largest absolute Gasteiger partial charge is 0.385 e. The molecule has 2 aromatic rings. The van der Waals surface area contributed by atoms with Gasteiger partial charge in [0, 0.05) is 29.1 Å². The Morgan fingerprint density at radius 3 is 2.24 bits per heavy atom. The number of rotatable bonds is 6. The molecule has 2 fully saturated rings. The number of Topliss-reactive ketones (excluding diaryl/α,β-unsaturated/α-hetero) is 1. The first-order valence-electron chi connectivity index (χ1n) is 9.97. The molecular weight excluding hydrogens is 412 g/mol. The van der Waals surface area contributed by atoms with Crippen LogP contribution in [0, 0.1) is 5.82 Å². The van der Waals surface area contributed by atoms with Crippen molar-refractivity contribution < 1.29 is 14.3 Å². The first-order chi connectivity index (χ1) is 13.4. The Hall–Kier alpha value is -1.46. The quantitative estimate of drug-likeness (QED) is 0.616. The standard InChI is InChI=1S/C23H25ClFNO2.ClH/c24-18-7-5-17(6-8-18)23(28)14-20-11-12-21(15-23)26(20)13-1-2-22(27)16-3-9-19(25)10-4-16;/h3-10,20-21,28H,1-2,11-15H2;1H. The fourth-order valence-electron chi connectivity index (χ4n) is 4.88. The van der Waals surface area contributed by atoms with Crippen LogP contribution in [0.15, 0.2) is 48.5 Å². The van der Waals surface area contributed by atoms with Gasteiger partial charge in [0.05, 0.1) is 5.60 Å². The van der Waals surface area contributed by atoms with Crippen LogP contribution in [0.4, 0.5) is 4.39 Å². The fourth-order valence-corrected chi connectivity index (χ4v) is 5.01. The van der Waals surface area contributed by atoms with Crippen molar-refractivity contribution in [2.75, 3.05) is 6.54 Å². The van der Waals surface area contributed by atoms with Crippen LogP contribution in [0.2, 0.25) is 5.02 Å². The highest BCUT2D eigenvalue weighted by atomic mass is 35.5. The van der Waals surface area contributed by atoms with Crippen molar-refractivity contribution >= 4 is 29.8 Å². The van der Waals surface area contributed by atoms with E-state index in [1.165, 1.54) is 12.1 Å². The minimum Gasteiger partial charge on any atom is -0.385 e. The van der Waals surface area contributed by atoms with Crippen LogP contribution in [-0.4, -0.2) is 34.4 Å². The van der Waals surface area contributed by atoms with Gasteiger partial charge in [0.15, 0.2) is 5.78 Å². The Bertz CT molecular complexity index is 827. The summed E-state index contributed by atoms with van der Waals surface area (Å²) in [5.41, 5.74) is 0.719. The first-order valence-corrected chi connectivity index (χ1v) is 10.4. The number of benzene rings is 2. The highest BCUT2D eigenvalue weighted by Crippen LogP contribution is 2.45. The van der Waals surface area contributed by atoms with E-state index < -0.39 is 5.60 Å². The van der Waals surface area contributed by atoms with Crippen molar-refractivity contribution in [2.45, 2.75) is 56.2 Å². The fraction of sp³-hybridized carbons (Fsp3) is 0.435. The highest BCUT2D eigenvalue weighted by molar-refractivity contribution is 6.30. The maximum absolute atomic E-state index is 13.0. The van der Waals surface area contributed by atoms with Gasteiger partial charge in [-0.05, 0) is 80.6 Å². The SMILES string of the molecule is Cl.O=C(CCCN1C2CCC1CC(O)(c1ccc(Cl)cc1)C2)c1ccc(F)cc1. The second kappa shape index (κ2) is 9.13. The van der Waals surface area contributed by atoms with Gasteiger partial charge in [-0.1, -0.05) is 23.7 Å². The van der Waals surface area contributed by atoms with Crippen molar-refractivity contribution in [3.63, 3.8) is 0 Å². The minimum absolute atomic E-state index is 0. The molecule has 2 saturated heterocycles. The summed E-state index contributed by atoms with van der Waals surface area (Å²) in [6.45, 7) is 0.860. The highest BCUT2D eigenvalue weighted by Gasteiger charge is 2.47. The molecule has 0 aliphatic carbocycles. The average molecular weight is 438 g/mol. The van der Waals surface area contributed by atoms with Gasteiger partial charge in [-0.15, -0.1) is 12.4 Å². The van der Waals surface area contributed by atoms with E-state index in [2.05, 4.69) is 4.90 Å². The molecule has 2 aliphatic heterocycles. The van der Waals surface area contributed by atoms with E-state index in [1.807, 2.05) is 24.3 Å². The molecule has 0 amide bonds. The van der Waals surface area contributed by atoms with Crippen LogP contribution in [0.25, 0.3) is 0 Å². The number of hydrogen-bond acceptors (Lipinski definition) is 3. The summed E-state index contributed by atoms with van der Waals surface area (Å²) < 4.78 is 13.0. The van der Waals surface area contributed by atoms with E-state index in [0.717, 1.165) is 44.2 Å². The Morgan fingerprint density at radius 1 is 1.07 bits per heavy atom. The van der Waals surface area contributed by atoms with Crippen molar-refractivity contribution in [3.05, 3.63) is 70.5 Å². The molecule has 2 aromatic carbocycles. The van der Waals surface area contributed by atoms with E-state index in [0.29, 0.717) is 29.1 Å². The summed E-state index contributed by atoms with van der Waals surface area (Å²) in [6, 6.07) is 14.0. The van der Waals surface area contributed by atoms with Crippen LogP contribution >= 0.6 is 24.0 Å². The van der Waals surface area contributed by atoms with Crippen molar-refractivity contribution in [1.29, 1.82) is 0 Å². The van der Waals surface area contributed by atoms with Gasteiger partial charge in [0.25, 0.3) is 0 Å². The molecule has 29 heavy (non-hydrogen) atoms. The molecular formula is C23H26Cl2FNO2. The van der Waals surface area contributed by atoms with Crippen molar-refractivity contribution in [2.24, 2.45) is 0 Å². The molecule has 2 atom stereocenters. The number of halogens is 3. The van der Waals surface area contributed by atoms with Gasteiger partial charge >= 0.3 is 0 Å². The number of aliphatic hydroxyl groups is 1. The van der Waals surface area contributed by atoms with Gasteiger partial charge < -0.3 is 5.11 Å².